The lowest BCUT2D eigenvalue weighted by Crippen LogP contribution is -2.46. The van der Waals surface area contributed by atoms with Gasteiger partial charge in [0.25, 0.3) is 0 Å². The molecule has 0 heterocycles. The number of rotatable bonds is 8. The van der Waals surface area contributed by atoms with Gasteiger partial charge in [0.15, 0.2) is 5.78 Å². The van der Waals surface area contributed by atoms with Crippen molar-refractivity contribution < 1.29 is 18.8 Å². The van der Waals surface area contributed by atoms with E-state index < -0.39 is 20.0 Å². The molecule has 0 radical (unpaired) electrons. The molecule has 1 rings (SSSR count). The highest BCUT2D eigenvalue weighted by Crippen LogP contribution is 2.42. The lowest BCUT2D eigenvalue weighted by molar-refractivity contribution is -0.116. The van der Waals surface area contributed by atoms with Gasteiger partial charge in [-0.05, 0) is 83.2 Å². The third kappa shape index (κ3) is 7.99. The van der Waals surface area contributed by atoms with E-state index >= 15 is 0 Å². The summed E-state index contributed by atoms with van der Waals surface area (Å²) in [5, 5.41) is 0.0914. The van der Waals surface area contributed by atoms with Gasteiger partial charge < -0.3 is 9.16 Å². The maximum absolute atomic E-state index is 12.9. The molecule has 0 aromatic heterocycles. The molecule has 0 saturated heterocycles. The zero-order valence-corrected chi connectivity index (χ0v) is 21.1. The van der Waals surface area contributed by atoms with E-state index in [2.05, 4.69) is 33.9 Å². The highest BCUT2D eigenvalue weighted by molar-refractivity contribution is 6.74. The van der Waals surface area contributed by atoms with E-state index in [4.69, 9.17) is 9.16 Å². The van der Waals surface area contributed by atoms with Crippen molar-refractivity contribution in [1.82, 2.24) is 4.90 Å². The first-order chi connectivity index (χ1) is 13.1. The van der Waals surface area contributed by atoms with Crippen LogP contribution in [0.4, 0.5) is 4.79 Å². The van der Waals surface area contributed by atoms with Gasteiger partial charge in [-0.1, -0.05) is 26.8 Å². The molecule has 0 aliphatic heterocycles. The number of carbonyl (C=O) groups is 2. The topological polar surface area (TPSA) is 55.8 Å². The lowest BCUT2D eigenvalue weighted by Gasteiger charge is -2.36. The van der Waals surface area contributed by atoms with Crippen LogP contribution < -0.4 is 0 Å². The Labute approximate surface area is 178 Å². The van der Waals surface area contributed by atoms with E-state index in [1.54, 1.807) is 13.0 Å². The number of ether oxygens (including phenoxy) is 1. The second-order valence-electron chi connectivity index (χ2n) is 10.5. The second-order valence-corrected chi connectivity index (χ2v) is 15.3. The molecule has 5 nitrogen and oxygen atoms in total. The lowest BCUT2D eigenvalue weighted by atomic mass is 10.0. The quantitative estimate of drug-likeness (QED) is 0.270. The first-order valence-corrected chi connectivity index (χ1v) is 13.5. The summed E-state index contributed by atoms with van der Waals surface area (Å²) in [6.07, 6.45) is 6.78. The van der Waals surface area contributed by atoms with Crippen LogP contribution in [0.2, 0.25) is 18.1 Å². The summed E-state index contributed by atoms with van der Waals surface area (Å²) < 4.78 is 12.0. The Hall–Kier alpha value is -1.56. The highest BCUT2D eigenvalue weighted by Gasteiger charge is 2.40. The SMILES string of the molecule is CC=CC(=O)CN(C(=O)OC(C)(C)C)C(C)C(=CO[Si](C)(C)C(C)(C)C)C1CC1. The van der Waals surface area contributed by atoms with Gasteiger partial charge in [0.2, 0.25) is 8.32 Å². The van der Waals surface area contributed by atoms with Crippen molar-refractivity contribution in [3.8, 4) is 0 Å². The number of carbonyl (C=O) groups excluding carboxylic acids is 2. The fourth-order valence-corrected chi connectivity index (χ4v) is 3.40. The second kappa shape index (κ2) is 9.50. The first kappa shape index (κ1) is 25.5. The Bertz CT molecular complexity index is 649. The molecule has 1 fully saturated rings. The summed E-state index contributed by atoms with van der Waals surface area (Å²) >= 11 is 0. The maximum Gasteiger partial charge on any atom is 0.411 e. The van der Waals surface area contributed by atoms with E-state index in [9.17, 15) is 9.59 Å². The molecule has 1 saturated carbocycles. The van der Waals surface area contributed by atoms with Gasteiger partial charge in [-0.2, -0.15) is 0 Å². The van der Waals surface area contributed by atoms with Crippen molar-refractivity contribution in [2.45, 2.75) is 98.0 Å². The van der Waals surface area contributed by atoms with Crippen LogP contribution in [0.5, 0.6) is 0 Å². The molecule has 1 aliphatic carbocycles. The van der Waals surface area contributed by atoms with Crippen LogP contribution in [0.15, 0.2) is 24.0 Å². The first-order valence-electron chi connectivity index (χ1n) is 10.6. The van der Waals surface area contributed by atoms with Crippen LogP contribution >= 0.6 is 0 Å². The monoisotopic (exact) mass is 423 g/mol. The van der Waals surface area contributed by atoms with Gasteiger partial charge >= 0.3 is 6.09 Å². The molecule has 29 heavy (non-hydrogen) atoms. The minimum absolute atomic E-state index is 0.00935. The van der Waals surface area contributed by atoms with Crippen LogP contribution in [0.1, 0.15) is 68.2 Å². The van der Waals surface area contributed by atoms with Crippen LogP contribution in [-0.4, -0.2) is 43.3 Å². The van der Waals surface area contributed by atoms with Crippen LogP contribution in [-0.2, 0) is 14.0 Å². The predicted octanol–water partition coefficient (Wildman–Crippen LogP) is 6.07. The third-order valence-electron chi connectivity index (χ3n) is 5.60. The number of amides is 1. The summed E-state index contributed by atoms with van der Waals surface area (Å²) in [6, 6.07) is -0.267. The minimum atomic E-state index is -1.97. The van der Waals surface area contributed by atoms with E-state index in [1.165, 1.54) is 11.0 Å². The molecular weight excluding hydrogens is 382 g/mol. The highest BCUT2D eigenvalue weighted by atomic mass is 28.4. The van der Waals surface area contributed by atoms with Gasteiger partial charge in [-0.15, -0.1) is 0 Å². The molecule has 0 aromatic carbocycles. The average molecular weight is 424 g/mol. The zero-order valence-electron chi connectivity index (χ0n) is 20.1. The fraction of sp³-hybridized carbons (Fsp3) is 0.739. The molecule has 166 valence electrons. The molecule has 1 amide bonds. The Morgan fingerprint density at radius 2 is 1.69 bits per heavy atom. The van der Waals surface area contributed by atoms with Gasteiger partial charge in [0, 0.05) is 0 Å². The van der Waals surface area contributed by atoms with Crippen molar-refractivity contribution in [3.63, 3.8) is 0 Å². The number of hydrogen-bond donors (Lipinski definition) is 0. The summed E-state index contributed by atoms with van der Waals surface area (Å²) in [5.41, 5.74) is 0.453. The Kier molecular flexibility index (Phi) is 8.34. The molecule has 0 aromatic rings. The predicted molar refractivity (Wildman–Crippen MR) is 121 cm³/mol. The minimum Gasteiger partial charge on any atom is -0.549 e. The number of ketones is 1. The maximum atomic E-state index is 12.9. The van der Waals surface area contributed by atoms with E-state index in [-0.39, 0.29) is 23.4 Å². The van der Waals surface area contributed by atoms with E-state index in [0.29, 0.717) is 5.92 Å². The zero-order chi connectivity index (χ0) is 22.6. The van der Waals surface area contributed by atoms with Crippen molar-refractivity contribution in [2.24, 2.45) is 5.92 Å². The molecule has 1 atom stereocenters. The summed E-state index contributed by atoms with van der Waals surface area (Å²) in [5.74, 6) is 0.280. The molecule has 1 aliphatic rings. The molecule has 1 unspecified atom stereocenters. The summed E-state index contributed by atoms with van der Waals surface area (Å²) in [6.45, 7) is 20.3. The van der Waals surface area contributed by atoms with Crippen molar-refractivity contribution in [1.29, 1.82) is 0 Å². The van der Waals surface area contributed by atoms with Gasteiger partial charge in [0.1, 0.15) is 5.60 Å². The summed E-state index contributed by atoms with van der Waals surface area (Å²) in [4.78, 5) is 26.8. The normalized spacial score (nSPS) is 17.2. The molecule has 0 N–H and O–H groups in total. The van der Waals surface area contributed by atoms with E-state index in [0.717, 1.165) is 18.4 Å². The third-order valence-corrected chi connectivity index (χ3v) is 9.92. The van der Waals surface area contributed by atoms with Crippen LogP contribution in [0.25, 0.3) is 0 Å². The Balaban J connectivity index is 3.17. The molecular formula is C23H41NO4Si. The Morgan fingerprint density at radius 3 is 2.10 bits per heavy atom. The average Bonchev–Trinajstić information content (AvgIpc) is 3.34. The molecule has 6 heteroatoms. The fourth-order valence-electron chi connectivity index (χ4n) is 2.61. The molecule has 0 bridgehead atoms. The largest absolute Gasteiger partial charge is 0.549 e. The van der Waals surface area contributed by atoms with Crippen LogP contribution in [0.3, 0.4) is 0 Å². The standard InChI is InChI=1S/C23H41NO4Si/c1-11-12-19(25)15-24(21(26)28-22(3,4)5)17(2)20(18-13-14-18)16-27-29(9,10)23(6,7)8/h11-12,16-18H,13-15H2,1-10H3. The van der Waals surface area contributed by atoms with Crippen molar-refractivity contribution in [3.05, 3.63) is 24.0 Å². The Morgan fingerprint density at radius 1 is 1.14 bits per heavy atom. The number of hydrogen-bond acceptors (Lipinski definition) is 4. The van der Waals surface area contributed by atoms with E-state index in [1.807, 2.05) is 34.0 Å². The number of nitrogens with zero attached hydrogens (tertiary/aromatic N) is 1. The van der Waals surface area contributed by atoms with Crippen molar-refractivity contribution in [2.75, 3.05) is 6.54 Å². The smallest absolute Gasteiger partial charge is 0.411 e. The summed E-state index contributed by atoms with van der Waals surface area (Å²) in [7, 11) is -1.97. The van der Waals surface area contributed by atoms with Gasteiger partial charge in [-0.25, -0.2) is 4.79 Å². The number of allylic oxidation sites excluding steroid dienone is 1. The van der Waals surface area contributed by atoms with Crippen molar-refractivity contribution >= 4 is 20.2 Å². The van der Waals surface area contributed by atoms with Gasteiger partial charge in [-0.3, -0.25) is 9.69 Å². The van der Waals surface area contributed by atoms with Gasteiger partial charge in [0.05, 0.1) is 18.8 Å². The van der Waals surface area contributed by atoms with Crippen LogP contribution in [0, 0.1) is 5.92 Å². The molecule has 0 spiro atoms.